The first kappa shape index (κ1) is 21.3. The number of hydrogen-bond acceptors (Lipinski definition) is 6. The van der Waals surface area contributed by atoms with Crippen LogP contribution in [0.1, 0.15) is 59.7 Å². The molecule has 0 aromatic carbocycles. The van der Waals surface area contributed by atoms with Gasteiger partial charge in [-0.25, -0.2) is 0 Å². The quantitative estimate of drug-likeness (QED) is 0.282. The fourth-order valence-electron chi connectivity index (χ4n) is 2.39. The number of unbranched alkanes of at least 4 members (excludes halogenated alkanes) is 6. The van der Waals surface area contributed by atoms with Crippen LogP contribution in [0.3, 0.4) is 0 Å². The highest BCUT2D eigenvalue weighted by Gasteiger charge is 2.31. The third-order valence-electron chi connectivity index (χ3n) is 4.08. The van der Waals surface area contributed by atoms with Crippen LogP contribution in [-0.2, 0) is 4.79 Å². The third-order valence-corrected chi connectivity index (χ3v) is 4.08. The van der Waals surface area contributed by atoms with Crippen LogP contribution in [0.4, 0.5) is 0 Å². The fourth-order valence-corrected chi connectivity index (χ4v) is 2.39. The van der Waals surface area contributed by atoms with Crippen molar-refractivity contribution in [1.29, 1.82) is 0 Å². The summed E-state index contributed by atoms with van der Waals surface area (Å²) in [5.74, 6) is -0.285. The van der Waals surface area contributed by atoms with E-state index in [1.165, 1.54) is 19.3 Å². The van der Waals surface area contributed by atoms with Crippen molar-refractivity contribution in [1.82, 2.24) is 4.90 Å². The Morgan fingerprint density at radius 3 is 2.04 bits per heavy atom. The molecule has 24 heavy (non-hydrogen) atoms. The van der Waals surface area contributed by atoms with Gasteiger partial charge in [-0.15, -0.1) is 0 Å². The van der Waals surface area contributed by atoms with E-state index in [1.54, 1.807) is 0 Å². The van der Waals surface area contributed by atoms with E-state index in [4.69, 9.17) is 6.48 Å². The maximum Gasteiger partial charge on any atom is 0.222 e. The molecule has 0 spiro atoms. The lowest BCUT2D eigenvalue weighted by atomic mass is 10.0. The Kier molecular flexibility index (Phi) is 12.0. The molecule has 0 radical (unpaired) electrons. The zero-order chi connectivity index (χ0) is 19.2. The van der Waals surface area contributed by atoms with Gasteiger partial charge in [0.1, 0.15) is 24.4 Å². The summed E-state index contributed by atoms with van der Waals surface area (Å²) in [5.41, 5.74) is 0. The lowest BCUT2D eigenvalue weighted by molar-refractivity contribution is -0.138. The summed E-state index contributed by atoms with van der Waals surface area (Å²) in [6.07, 6.45) is 1.22. The lowest BCUT2D eigenvalue weighted by Gasteiger charge is -2.28. The molecule has 0 aliphatic rings. The number of aliphatic hydroxyl groups excluding tert-OH is 5. The molecule has 0 aliphatic heterocycles. The van der Waals surface area contributed by atoms with Crippen LogP contribution in [0.15, 0.2) is 0 Å². The minimum Gasteiger partial charge on any atom is -0.394 e. The minimum atomic E-state index is -1.73. The number of rotatable bonds is 14. The van der Waals surface area contributed by atoms with Crippen molar-refractivity contribution < 1.29 is 31.7 Å². The molecule has 4 atom stereocenters. The molecule has 7 nitrogen and oxygen atoms in total. The number of carbonyl (C=O) groups excluding carboxylic acids is 1. The molecule has 0 rings (SSSR count). The van der Waals surface area contributed by atoms with Gasteiger partial charge in [0.15, 0.2) is 0 Å². The predicted octanol–water partition coefficient (Wildman–Crippen LogP) is 0.0214. The van der Waals surface area contributed by atoms with Crippen molar-refractivity contribution >= 4 is 5.91 Å². The molecule has 7 heteroatoms. The monoisotopic (exact) mass is 350 g/mol. The number of hydrogen-bond donors (Lipinski definition) is 5. The van der Waals surface area contributed by atoms with E-state index in [2.05, 4.69) is 6.92 Å². The summed E-state index contributed by atoms with van der Waals surface area (Å²) in [6.45, 7) is 1.09. The lowest BCUT2D eigenvalue weighted by Crippen LogP contribution is -2.49. The average molecular weight is 350 g/mol. The molecule has 0 aromatic heterocycles. The largest absolute Gasteiger partial charge is 0.394 e. The smallest absolute Gasteiger partial charge is 0.222 e. The number of aliphatic hydroxyl groups is 5. The number of likely N-dealkylation sites (N-methyl/N-ethyl adjacent to an activating group) is 1. The van der Waals surface area contributed by atoms with E-state index in [9.17, 15) is 25.2 Å². The van der Waals surface area contributed by atoms with Crippen molar-refractivity contribution in [2.75, 3.05) is 20.2 Å². The summed E-state index contributed by atoms with van der Waals surface area (Å²) in [7, 11) is -0.363. The van der Waals surface area contributed by atoms with Gasteiger partial charge in [0.2, 0.25) is 5.91 Å². The van der Waals surface area contributed by atoms with Gasteiger partial charge in [0, 0.05) is 21.4 Å². The maximum atomic E-state index is 12.1. The SMILES string of the molecule is [2H]CN(C[C@H](O)[C@@H](O)[C@H](O)[C@H](O)CO)C(=O)CCCCCCCCC. The number of nitrogens with zero attached hydrogens (tertiary/aromatic N) is 1. The molecule has 0 saturated carbocycles. The standard InChI is InChI=1S/C17H35NO6/c1-3-4-5-6-7-8-9-10-15(22)18(2)11-13(20)16(23)17(24)14(21)12-19/h13-14,16-17,19-21,23-24H,3-12H2,1-2H3/t13-,14+,16+,17+/m0/s1/i2D. The molecular weight excluding hydrogens is 314 g/mol. The van der Waals surface area contributed by atoms with Crippen LogP contribution in [-0.4, -0.2) is 80.9 Å². The molecule has 0 aromatic rings. The third kappa shape index (κ3) is 9.54. The van der Waals surface area contributed by atoms with Gasteiger partial charge in [-0.1, -0.05) is 45.4 Å². The summed E-state index contributed by atoms with van der Waals surface area (Å²) >= 11 is 0. The second kappa shape index (κ2) is 13.5. The maximum absolute atomic E-state index is 12.1. The molecule has 144 valence electrons. The van der Waals surface area contributed by atoms with E-state index in [1.807, 2.05) is 0 Å². The highest BCUT2D eigenvalue weighted by atomic mass is 16.4. The average Bonchev–Trinajstić information content (AvgIpc) is 2.62. The van der Waals surface area contributed by atoms with Crippen LogP contribution in [0.2, 0.25) is 0 Å². The zero-order valence-electron chi connectivity index (χ0n) is 15.7. The van der Waals surface area contributed by atoms with E-state index in [0.29, 0.717) is 6.42 Å². The van der Waals surface area contributed by atoms with Crippen molar-refractivity contribution in [2.45, 2.75) is 82.7 Å². The van der Waals surface area contributed by atoms with Gasteiger partial charge in [0.05, 0.1) is 6.61 Å². The van der Waals surface area contributed by atoms with Crippen LogP contribution in [0, 0.1) is 0 Å². The highest BCUT2D eigenvalue weighted by molar-refractivity contribution is 5.75. The Morgan fingerprint density at radius 1 is 0.958 bits per heavy atom. The molecule has 0 aliphatic carbocycles. The highest BCUT2D eigenvalue weighted by Crippen LogP contribution is 2.10. The van der Waals surface area contributed by atoms with E-state index in [0.717, 1.165) is 24.2 Å². The summed E-state index contributed by atoms with van der Waals surface area (Å²) < 4.78 is 7.41. The van der Waals surface area contributed by atoms with E-state index >= 15 is 0 Å². The molecule has 0 unspecified atom stereocenters. The first-order valence-corrected chi connectivity index (χ1v) is 8.79. The van der Waals surface area contributed by atoms with Gasteiger partial charge in [0.25, 0.3) is 0 Å². The summed E-state index contributed by atoms with van der Waals surface area (Å²) in [6, 6.07) is 0. The van der Waals surface area contributed by atoms with Crippen molar-refractivity contribution in [3.8, 4) is 0 Å². The Bertz CT molecular complexity index is 347. The Morgan fingerprint density at radius 2 is 1.50 bits per heavy atom. The molecule has 0 bridgehead atoms. The van der Waals surface area contributed by atoms with Crippen LogP contribution >= 0.6 is 0 Å². The van der Waals surface area contributed by atoms with Crippen molar-refractivity contribution in [3.63, 3.8) is 0 Å². The molecule has 1 amide bonds. The van der Waals surface area contributed by atoms with Gasteiger partial charge >= 0.3 is 0 Å². The molecule has 0 fully saturated rings. The number of carbonyl (C=O) groups is 1. The predicted molar refractivity (Wildman–Crippen MR) is 91.4 cm³/mol. The summed E-state index contributed by atoms with van der Waals surface area (Å²) in [5, 5.41) is 47.2. The second-order valence-electron chi connectivity index (χ2n) is 6.29. The summed E-state index contributed by atoms with van der Waals surface area (Å²) in [4.78, 5) is 13.2. The van der Waals surface area contributed by atoms with Gasteiger partial charge in [-0.05, 0) is 6.42 Å². The van der Waals surface area contributed by atoms with Crippen LogP contribution in [0.5, 0.6) is 0 Å². The molecule has 0 heterocycles. The molecule has 0 saturated heterocycles. The van der Waals surface area contributed by atoms with Gasteiger partial charge in [-0.2, -0.15) is 0 Å². The van der Waals surface area contributed by atoms with Crippen LogP contribution in [0.25, 0.3) is 0 Å². The van der Waals surface area contributed by atoms with Crippen molar-refractivity contribution in [3.05, 3.63) is 0 Å². The Hall–Kier alpha value is -0.730. The van der Waals surface area contributed by atoms with E-state index in [-0.39, 0.29) is 25.9 Å². The normalized spacial score (nSPS) is 17.0. The second-order valence-corrected chi connectivity index (χ2v) is 6.29. The minimum absolute atomic E-state index is 0.275. The zero-order valence-corrected chi connectivity index (χ0v) is 14.7. The Balaban J connectivity index is 4.18. The molecule has 5 N–H and O–H groups in total. The fraction of sp³-hybridized carbons (Fsp3) is 0.941. The van der Waals surface area contributed by atoms with Crippen LogP contribution < -0.4 is 0 Å². The number of amides is 1. The van der Waals surface area contributed by atoms with E-state index < -0.39 is 31.0 Å². The van der Waals surface area contributed by atoms with Crippen molar-refractivity contribution in [2.24, 2.45) is 0 Å². The topological polar surface area (TPSA) is 121 Å². The van der Waals surface area contributed by atoms with Gasteiger partial charge in [-0.3, -0.25) is 4.79 Å². The first-order valence-electron chi connectivity index (χ1n) is 9.49. The first-order chi connectivity index (χ1) is 11.9. The van der Waals surface area contributed by atoms with Gasteiger partial charge < -0.3 is 30.4 Å². The Labute approximate surface area is 146 Å². The molecular formula is C17H35NO6.